The Balaban J connectivity index is -0.000000218. The third-order valence-corrected chi connectivity index (χ3v) is 2.47. The molecule has 0 aliphatic carbocycles. The lowest BCUT2D eigenvalue weighted by Crippen LogP contribution is -2.22. The average Bonchev–Trinajstić information content (AvgIpc) is 2.24. The van der Waals surface area contributed by atoms with Gasteiger partial charge in [0.05, 0.1) is 0 Å². The van der Waals surface area contributed by atoms with Gasteiger partial charge in [-0.3, -0.25) is 0 Å². The van der Waals surface area contributed by atoms with Crippen LogP contribution in [0.25, 0.3) is 0 Å². The second-order valence-corrected chi connectivity index (χ2v) is 3.69. The number of hydrogen-bond donors (Lipinski definition) is 2. The SMILES string of the molecule is CC.CC.CCSCCC(N)CS. The molecule has 0 aliphatic heterocycles. The molecule has 2 N–H and O–H groups in total. The van der Waals surface area contributed by atoms with Gasteiger partial charge in [0, 0.05) is 11.8 Å². The average molecular weight is 225 g/mol. The van der Waals surface area contributed by atoms with Crippen molar-refractivity contribution < 1.29 is 0 Å². The summed E-state index contributed by atoms with van der Waals surface area (Å²) < 4.78 is 0. The van der Waals surface area contributed by atoms with Gasteiger partial charge in [-0.15, -0.1) is 0 Å². The van der Waals surface area contributed by atoms with Gasteiger partial charge in [-0.25, -0.2) is 0 Å². The summed E-state index contributed by atoms with van der Waals surface area (Å²) in [5.74, 6) is 3.18. The molecule has 3 heteroatoms. The summed E-state index contributed by atoms with van der Waals surface area (Å²) in [4.78, 5) is 0. The molecule has 0 rings (SSSR count). The molecule has 0 aromatic carbocycles. The van der Waals surface area contributed by atoms with Crippen molar-refractivity contribution in [2.45, 2.75) is 47.1 Å². The zero-order valence-electron chi connectivity index (χ0n) is 9.84. The number of rotatable bonds is 5. The van der Waals surface area contributed by atoms with E-state index in [9.17, 15) is 0 Å². The van der Waals surface area contributed by atoms with E-state index in [1.807, 2.05) is 39.5 Å². The van der Waals surface area contributed by atoms with Crippen molar-refractivity contribution in [2.24, 2.45) is 5.73 Å². The molecular weight excluding hydrogens is 198 g/mol. The molecule has 1 atom stereocenters. The van der Waals surface area contributed by atoms with Gasteiger partial charge in [0.1, 0.15) is 0 Å². The summed E-state index contributed by atoms with van der Waals surface area (Å²) in [5, 5.41) is 0. The molecular formula is C10H27NS2. The Kier molecular flexibility index (Phi) is 34.0. The third-order valence-electron chi connectivity index (χ3n) is 1.07. The van der Waals surface area contributed by atoms with E-state index in [0.29, 0.717) is 6.04 Å². The number of thioether (sulfide) groups is 1. The van der Waals surface area contributed by atoms with E-state index in [2.05, 4.69) is 19.6 Å². The molecule has 0 radical (unpaired) electrons. The molecule has 0 heterocycles. The van der Waals surface area contributed by atoms with Gasteiger partial charge >= 0.3 is 0 Å². The van der Waals surface area contributed by atoms with Crippen LogP contribution in [-0.4, -0.2) is 23.3 Å². The van der Waals surface area contributed by atoms with Crippen molar-refractivity contribution >= 4 is 24.4 Å². The highest BCUT2D eigenvalue weighted by molar-refractivity contribution is 7.99. The molecule has 1 unspecified atom stereocenters. The Morgan fingerprint density at radius 2 is 1.69 bits per heavy atom. The summed E-state index contributed by atoms with van der Waals surface area (Å²) >= 11 is 6.02. The van der Waals surface area contributed by atoms with E-state index in [4.69, 9.17) is 5.73 Å². The van der Waals surface area contributed by atoms with Gasteiger partial charge in [0.25, 0.3) is 0 Å². The molecule has 0 fully saturated rings. The van der Waals surface area contributed by atoms with E-state index >= 15 is 0 Å². The Bertz CT molecular complexity index is 60.9. The van der Waals surface area contributed by atoms with Crippen LogP contribution < -0.4 is 5.73 Å². The van der Waals surface area contributed by atoms with Gasteiger partial charge < -0.3 is 5.73 Å². The first-order valence-corrected chi connectivity index (χ1v) is 7.04. The minimum Gasteiger partial charge on any atom is -0.327 e. The van der Waals surface area contributed by atoms with Crippen LogP contribution in [0, 0.1) is 0 Å². The summed E-state index contributed by atoms with van der Waals surface area (Å²) in [6, 6.07) is 0.299. The monoisotopic (exact) mass is 225 g/mol. The molecule has 0 bridgehead atoms. The fourth-order valence-corrected chi connectivity index (χ4v) is 1.41. The van der Waals surface area contributed by atoms with E-state index in [1.54, 1.807) is 0 Å². The zero-order chi connectivity index (χ0) is 11.1. The molecule has 0 aromatic rings. The van der Waals surface area contributed by atoms with E-state index in [0.717, 1.165) is 12.2 Å². The fraction of sp³-hybridized carbons (Fsp3) is 1.00. The van der Waals surface area contributed by atoms with Gasteiger partial charge in [0.2, 0.25) is 0 Å². The van der Waals surface area contributed by atoms with Crippen LogP contribution in [0.5, 0.6) is 0 Å². The van der Waals surface area contributed by atoms with Gasteiger partial charge in [-0.2, -0.15) is 24.4 Å². The maximum absolute atomic E-state index is 5.62. The predicted octanol–water partition coefficient (Wildman–Crippen LogP) is 3.44. The van der Waals surface area contributed by atoms with Crippen LogP contribution in [-0.2, 0) is 0 Å². The van der Waals surface area contributed by atoms with Gasteiger partial charge in [-0.05, 0) is 17.9 Å². The summed E-state index contributed by atoms with van der Waals surface area (Å²) in [7, 11) is 0. The third kappa shape index (κ3) is 24.5. The quantitative estimate of drug-likeness (QED) is 0.554. The van der Waals surface area contributed by atoms with Crippen molar-refractivity contribution in [3.63, 3.8) is 0 Å². The maximum atomic E-state index is 5.62. The van der Waals surface area contributed by atoms with Crippen molar-refractivity contribution in [1.29, 1.82) is 0 Å². The normalized spacial score (nSPS) is 10.4. The second-order valence-electron chi connectivity index (χ2n) is 1.93. The molecule has 84 valence electrons. The predicted molar refractivity (Wildman–Crippen MR) is 72.1 cm³/mol. The highest BCUT2D eigenvalue weighted by Crippen LogP contribution is 2.02. The summed E-state index contributed by atoms with van der Waals surface area (Å²) in [5.41, 5.74) is 5.62. The Morgan fingerprint density at radius 1 is 1.23 bits per heavy atom. The smallest absolute Gasteiger partial charge is 0.0135 e. The lowest BCUT2D eigenvalue weighted by molar-refractivity contribution is 0.733. The molecule has 13 heavy (non-hydrogen) atoms. The van der Waals surface area contributed by atoms with Crippen LogP contribution in [0.3, 0.4) is 0 Å². The second kappa shape index (κ2) is 23.0. The Hall–Kier alpha value is 0.660. The Labute approximate surface area is 94.7 Å². The molecule has 0 aliphatic rings. The molecule has 0 spiro atoms. The van der Waals surface area contributed by atoms with Crippen LogP contribution in [0.15, 0.2) is 0 Å². The van der Waals surface area contributed by atoms with Crippen LogP contribution in [0.2, 0.25) is 0 Å². The highest BCUT2D eigenvalue weighted by Gasteiger charge is 1.96. The minimum absolute atomic E-state index is 0.299. The van der Waals surface area contributed by atoms with Crippen molar-refractivity contribution in [2.75, 3.05) is 17.3 Å². The number of hydrogen-bond acceptors (Lipinski definition) is 3. The topological polar surface area (TPSA) is 26.0 Å². The van der Waals surface area contributed by atoms with Crippen LogP contribution in [0.1, 0.15) is 41.0 Å². The van der Waals surface area contributed by atoms with Crippen molar-refractivity contribution in [1.82, 2.24) is 0 Å². The fourth-order valence-electron chi connectivity index (χ4n) is 0.470. The standard InChI is InChI=1S/C6H15NS2.2C2H6/c1-2-9-4-3-6(7)5-8;2*1-2/h6,8H,2-5,7H2,1H3;2*1-2H3. The highest BCUT2D eigenvalue weighted by atomic mass is 32.2. The van der Waals surface area contributed by atoms with E-state index in [1.165, 1.54) is 11.5 Å². The first-order chi connectivity index (χ1) is 6.31. The summed E-state index contributed by atoms with van der Waals surface area (Å²) in [6.07, 6.45) is 1.10. The van der Waals surface area contributed by atoms with Crippen molar-refractivity contribution in [3.05, 3.63) is 0 Å². The van der Waals surface area contributed by atoms with Crippen LogP contribution in [0.4, 0.5) is 0 Å². The van der Waals surface area contributed by atoms with E-state index in [-0.39, 0.29) is 0 Å². The largest absolute Gasteiger partial charge is 0.327 e. The molecule has 1 nitrogen and oxygen atoms in total. The van der Waals surface area contributed by atoms with E-state index < -0.39 is 0 Å². The summed E-state index contributed by atoms with van der Waals surface area (Å²) in [6.45, 7) is 10.2. The molecule has 0 amide bonds. The first-order valence-electron chi connectivity index (χ1n) is 5.25. The van der Waals surface area contributed by atoms with Gasteiger partial charge in [0.15, 0.2) is 0 Å². The maximum Gasteiger partial charge on any atom is 0.0135 e. The zero-order valence-corrected chi connectivity index (χ0v) is 11.5. The molecule has 0 saturated carbocycles. The van der Waals surface area contributed by atoms with Gasteiger partial charge in [-0.1, -0.05) is 34.6 Å². The minimum atomic E-state index is 0.299. The van der Waals surface area contributed by atoms with Crippen LogP contribution >= 0.6 is 24.4 Å². The van der Waals surface area contributed by atoms with Crippen molar-refractivity contribution in [3.8, 4) is 0 Å². The molecule has 0 saturated heterocycles. The number of nitrogens with two attached hydrogens (primary N) is 1. The lowest BCUT2D eigenvalue weighted by Gasteiger charge is -2.05. The Morgan fingerprint density at radius 3 is 2.00 bits per heavy atom. The lowest BCUT2D eigenvalue weighted by atomic mass is 10.3. The molecule has 0 aromatic heterocycles. The number of thiol groups is 1. The first kappa shape index (κ1) is 19.3.